The maximum absolute atomic E-state index is 13.3. The highest BCUT2D eigenvalue weighted by molar-refractivity contribution is 6.30. The molecule has 0 spiro atoms. The Morgan fingerprint density at radius 1 is 1.10 bits per heavy atom. The van der Waals surface area contributed by atoms with E-state index < -0.39 is 0 Å². The van der Waals surface area contributed by atoms with Crippen molar-refractivity contribution in [2.45, 2.75) is 45.4 Å². The van der Waals surface area contributed by atoms with Gasteiger partial charge < -0.3 is 10.2 Å². The summed E-state index contributed by atoms with van der Waals surface area (Å²) in [6, 6.07) is 12.0. The number of carbonyl (C=O) groups is 1. The highest BCUT2D eigenvalue weighted by Gasteiger charge is 2.35. The number of aromatic hydroxyl groups is 2. The number of phenols is 2. The van der Waals surface area contributed by atoms with Crippen molar-refractivity contribution in [2.24, 2.45) is 5.92 Å². The average molecular weight is 411 g/mol. The number of phenolic OH excluding ortho intramolecular Hbond substituents is 2. The Kier molecular flexibility index (Phi) is 6.81. The minimum atomic E-state index is -0.345. The number of hydrogen-bond acceptors (Lipinski definition) is 3. The molecule has 0 amide bonds. The number of ketones is 1. The third kappa shape index (κ3) is 5.10. The molecule has 0 saturated carbocycles. The molecule has 2 aromatic rings. The predicted molar refractivity (Wildman–Crippen MR) is 118 cm³/mol. The van der Waals surface area contributed by atoms with E-state index in [1.54, 1.807) is 0 Å². The van der Waals surface area contributed by atoms with Crippen LogP contribution in [0.3, 0.4) is 0 Å². The van der Waals surface area contributed by atoms with Crippen molar-refractivity contribution < 1.29 is 15.0 Å². The molecule has 29 heavy (non-hydrogen) atoms. The Bertz CT molecular complexity index is 917. The Morgan fingerprint density at radius 3 is 2.38 bits per heavy atom. The lowest BCUT2D eigenvalue weighted by atomic mass is 9.72. The molecular formula is C25H27ClO3. The Balaban J connectivity index is 1.92. The largest absolute Gasteiger partial charge is 0.507 e. The van der Waals surface area contributed by atoms with Gasteiger partial charge in [0.05, 0.1) is 0 Å². The molecule has 2 atom stereocenters. The van der Waals surface area contributed by atoms with Crippen molar-refractivity contribution in [3.63, 3.8) is 0 Å². The normalized spacial score (nSPS) is 18.8. The summed E-state index contributed by atoms with van der Waals surface area (Å²) in [5.74, 6) is -0.945. The predicted octanol–water partition coefficient (Wildman–Crippen LogP) is 6.80. The maximum Gasteiger partial charge on any atom is 0.174 e. The number of allylic oxidation sites excluding steroid dienone is 4. The molecule has 0 aliphatic heterocycles. The molecule has 4 heteroatoms. The van der Waals surface area contributed by atoms with Gasteiger partial charge in [0.15, 0.2) is 5.78 Å². The topological polar surface area (TPSA) is 57.5 Å². The quantitative estimate of drug-likeness (QED) is 0.406. The van der Waals surface area contributed by atoms with Crippen LogP contribution in [-0.4, -0.2) is 16.0 Å². The summed E-state index contributed by atoms with van der Waals surface area (Å²) in [7, 11) is 0. The van der Waals surface area contributed by atoms with Crippen molar-refractivity contribution in [1.29, 1.82) is 0 Å². The standard InChI is InChI=1S/C25H27ClO3/c1-16(2)5-3-6-17-9-14-20(21(15-17)18-10-12-19(26)13-11-18)25(29)24-22(27)7-4-8-23(24)28/h4-5,7-13,20-21,27-28H,3,6,14-15H2,1-2H3/t20-,21+/m0/s1. The minimum absolute atomic E-state index is 0.0119. The van der Waals surface area contributed by atoms with Crippen molar-refractivity contribution in [2.75, 3.05) is 0 Å². The van der Waals surface area contributed by atoms with E-state index in [9.17, 15) is 15.0 Å². The van der Waals surface area contributed by atoms with Gasteiger partial charge in [0.1, 0.15) is 17.1 Å². The molecule has 2 aromatic carbocycles. The number of rotatable bonds is 6. The fourth-order valence-corrected chi connectivity index (χ4v) is 4.16. The van der Waals surface area contributed by atoms with E-state index >= 15 is 0 Å². The van der Waals surface area contributed by atoms with Crippen LogP contribution in [-0.2, 0) is 0 Å². The number of hydrogen-bond donors (Lipinski definition) is 2. The molecule has 3 nitrogen and oxygen atoms in total. The van der Waals surface area contributed by atoms with Crippen molar-refractivity contribution in [3.8, 4) is 11.5 Å². The molecule has 3 rings (SSSR count). The molecule has 0 heterocycles. The Hall–Kier alpha value is -2.52. The summed E-state index contributed by atoms with van der Waals surface area (Å²) >= 11 is 6.06. The second-order valence-corrected chi connectivity index (χ2v) is 8.36. The van der Waals surface area contributed by atoms with Gasteiger partial charge in [0.25, 0.3) is 0 Å². The van der Waals surface area contributed by atoms with Crippen LogP contribution >= 0.6 is 11.6 Å². The number of halogens is 1. The summed E-state index contributed by atoms with van der Waals surface area (Å²) in [6.45, 7) is 4.19. The summed E-state index contributed by atoms with van der Waals surface area (Å²) in [5.41, 5.74) is 3.71. The third-order valence-electron chi connectivity index (χ3n) is 5.55. The average Bonchev–Trinajstić information content (AvgIpc) is 2.68. The number of Topliss-reactive ketones (excluding diaryl/α,β-unsaturated/α-hetero) is 1. The van der Waals surface area contributed by atoms with E-state index in [0.717, 1.165) is 24.8 Å². The van der Waals surface area contributed by atoms with Crippen LogP contribution in [0.5, 0.6) is 11.5 Å². The zero-order valence-corrected chi connectivity index (χ0v) is 17.6. The second-order valence-electron chi connectivity index (χ2n) is 7.92. The van der Waals surface area contributed by atoms with Gasteiger partial charge in [-0.15, -0.1) is 0 Å². The SMILES string of the molecule is CC(C)=CCCC1=CC[C@H](C(=O)c2c(O)cccc2O)[C@@H](c2ccc(Cl)cc2)C1. The van der Waals surface area contributed by atoms with Crippen LogP contribution in [0, 0.1) is 5.92 Å². The second kappa shape index (κ2) is 9.32. The first-order valence-corrected chi connectivity index (χ1v) is 10.4. The zero-order valence-electron chi connectivity index (χ0n) is 16.9. The van der Waals surface area contributed by atoms with E-state index in [2.05, 4.69) is 26.0 Å². The lowest BCUT2D eigenvalue weighted by Gasteiger charge is -2.31. The van der Waals surface area contributed by atoms with Gasteiger partial charge in [0.2, 0.25) is 0 Å². The van der Waals surface area contributed by atoms with Crippen molar-refractivity contribution >= 4 is 17.4 Å². The lowest BCUT2D eigenvalue weighted by Crippen LogP contribution is -2.26. The van der Waals surface area contributed by atoms with Crippen LogP contribution in [0.2, 0.25) is 5.02 Å². The van der Waals surface area contributed by atoms with Crippen molar-refractivity contribution in [1.82, 2.24) is 0 Å². The fourth-order valence-electron chi connectivity index (χ4n) is 4.03. The number of benzene rings is 2. The molecule has 152 valence electrons. The molecule has 0 fully saturated rings. The van der Waals surface area contributed by atoms with E-state index in [-0.39, 0.29) is 34.7 Å². The summed E-state index contributed by atoms with van der Waals surface area (Å²) < 4.78 is 0. The molecule has 0 unspecified atom stereocenters. The van der Waals surface area contributed by atoms with Crippen LogP contribution in [0.1, 0.15) is 61.4 Å². The number of carbonyl (C=O) groups excluding carboxylic acids is 1. The van der Waals surface area contributed by atoms with E-state index in [4.69, 9.17) is 11.6 Å². The monoisotopic (exact) mass is 410 g/mol. The highest BCUT2D eigenvalue weighted by atomic mass is 35.5. The fraction of sp³-hybridized carbons (Fsp3) is 0.320. The van der Waals surface area contributed by atoms with E-state index in [0.29, 0.717) is 11.4 Å². The highest BCUT2D eigenvalue weighted by Crippen LogP contribution is 2.43. The van der Waals surface area contributed by atoms with E-state index in [1.807, 2.05) is 24.3 Å². The Labute approximate surface area is 177 Å². The van der Waals surface area contributed by atoms with Gasteiger partial charge >= 0.3 is 0 Å². The smallest absolute Gasteiger partial charge is 0.174 e. The molecule has 1 aliphatic rings. The first kappa shape index (κ1) is 21.2. The third-order valence-corrected chi connectivity index (χ3v) is 5.80. The summed E-state index contributed by atoms with van der Waals surface area (Å²) in [5, 5.41) is 21.0. The van der Waals surface area contributed by atoms with Gasteiger partial charge in [-0.25, -0.2) is 0 Å². The van der Waals surface area contributed by atoms with Gasteiger partial charge in [-0.1, -0.05) is 53.1 Å². The molecule has 0 bridgehead atoms. The van der Waals surface area contributed by atoms with Crippen LogP contribution in [0.4, 0.5) is 0 Å². The van der Waals surface area contributed by atoms with Gasteiger partial charge in [0, 0.05) is 10.9 Å². The van der Waals surface area contributed by atoms with Crippen LogP contribution in [0.15, 0.2) is 65.8 Å². The summed E-state index contributed by atoms with van der Waals surface area (Å²) in [4.78, 5) is 13.3. The minimum Gasteiger partial charge on any atom is -0.507 e. The first-order valence-electron chi connectivity index (χ1n) is 9.98. The zero-order chi connectivity index (χ0) is 21.0. The van der Waals surface area contributed by atoms with Crippen LogP contribution in [0.25, 0.3) is 0 Å². The summed E-state index contributed by atoms with van der Waals surface area (Å²) in [6.07, 6.45) is 7.71. The van der Waals surface area contributed by atoms with Gasteiger partial charge in [-0.05, 0) is 75.3 Å². The molecule has 0 radical (unpaired) electrons. The molecule has 1 aliphatic carbocycles. The maximum atomic E-state index is 13.3. The van der Waals surface area contributed by atoms with E-state index in [1.165, 1.54) is 29.3 Å². The Morgan fingerprint density at radius 2 is 1.76 bits per heavy atom. The lowest BCUT2D eigenvalue weighted by molar-refractivity contribution is 0.0889. The van der Waals surface area contributed by atoms with Gasteiger partial charge in [-0.2, -0.15) is 0 Å². The first-order chi connectivity index (χ1) is 13.9. The van der Waals surface area contributed by atoms with Crippen LogP contribution < -0.4 is 0 Å². The van der Waals surface area contributed by atoms with Crippen molar-refractivity contribution in [3.05, 3.63) is 81.9 Å². The molecule has 0 saturated heterocycles. The molecule has 2 N–H and O–H groups in total. The van der Waals surface area contributed by atoms with Gasteiger partial charge in [-0.3, -0.25) is 4.79 Å². The molecule has 0 aromatic heterocycles. The molecular weight excluding hydrogens is 384 g/mol.